The number of benzene rings is 1. The second-order valence-electron chi connectivity index (χ2n) is 5.51. The summed E-state index contributed by atoms with van der Waals surface area (Å²) in [6, 6.07) is 6.77. The van der Waals surface area contributed by atoms with E-state index >= 15 is 0 Å². The number of nitrogens with zero attached hydrogens (tertiary/aromatic N) is 3. The molecule has 2 heterocycles. The maximum atomic E-state index is 4.10. The van der Waals surface area contributed by atoms with Gasteiger partial charge in [-0.3, -0.25) is 7.05 Å². The fourth-order valence-electron chi connectivity index (χ4n) is 2.96. The van der Waals surface area contributed by atoms with Crippen LogP contribution in [0.25, 0.3) is 0 Å². The molecule has 0 spiro atoms. The zero-order chi connectivity index (χ0) is 12.5. The molecule has 4 heteroatoms. The molecule has 1 saturated heterocycles. The largest absolute Gasteiger partial charge is 3.00 e. The Morgan fingerprint density at radius 3 is 2.53 bits per heavy atom. The third kappa shape index (κ3) is 3.38. The number of piperazine rings is 1. The average Bonchev–Trinajstić information content (AvgIpc) is 2.39. The van der Waals surface area contributed by atoms with Crippen LogP contribution < -0.4 is 4.90 Å². The number of fused-ring (bicyclic) bond motifs is 1. The van der Waals surface area contributed by atoms with Crippen LogP contribution in [-0.4, -0.2) is 49.6 Å². The van der Waals surface area contributed by atoms with Gasteiger partial charge in [0, 0.05) is 31.9 Å². The molecule has 0 bridgehead atoms. The molecule has 0 unspecified atom stereocenters. The second kappa shape index (κ2) is 6.66. The first-order chi connectivity index (χ1) is 8.74. The van der Waals surface area contributed by atoms with Crippen LogP contribution in [0.15, 0.2) is 18.2 Å². The van der Waals surface area contributed by atoms with Crippen molar-refractivity contribution in [2.24, 2.45) is 0 Å². The number of hydrogen-bond acceptors (Lipinski definition) is 3. The van der Waals surface area contributed by atoms with Crippen LogP contribution in [0.2, 0.25) is 0 Å². The summed E-state index contributed by atoms with van der Waals surface area (Å²) in [4.78, 5) is 7.12. The summed E-state index contributed by atoms with van der Waals surface area (Å²) in [6.07, 6.45) is 1.14. The van der Waals surface area contributed by atoms with Crippen molar-refractivity contribution in [3.8, 4) is 0 Å². The molecule has 2 aliphatic rings. The predicted octanol–water partition coefficient (Wildman–Crippen LogP) is 1.59. The van der Waals surface area contributed by atoms with Gasteiger partial charge in [0.15, 0.2) is 0 Å². The smallest absolute Gasteiger partial charge is 0.455 e. The first-order valence-electron chi connectivity index (χ1n) is 6.84. The SMILES string of the molecule is [CH2-]N1CCc2cccc(N3CCN(C)CC3)c2C1.[Y+3]. The molecule has 0 saturated carbocycles. The molecule has 0 N–H and O–H groups in total. The molecule has 0 amide bonds. The maximum absolute atomic E-state index is 4.10. The second-order valence-corrected chi connectivity index (χ2v) is 5.51. The van der Waals surface area contributed by atoms with Crippen molar-refractivity contribution in [3.05, 3.63) is 36.4 Å². The van der Waals surface area contributed by atoms with Crippen LogP contribution in [0.1, 0.15) is 11.1 Å². The number of likely N-dealkylation sites (N-methyl/N-ethyl adjacent to an activating group) is 1. The van der Waals surface area contributed by atoms with Crippen LogP contribution in [0.3, 0.4) is 0 Å². The average molecular weight is 333 g/mol. The zero-order valence-electron chi connectivity index (χ0n) is 11.8. The van der Waals surface area contributed by atoms with E-state index in [0.717, 1.165) is 45.7 Å². The summed E-state index contributed by atoms with van der Waals surface area (Å²) < 4.78 is 0. The summed E-state index contributed by atoms with van der Waals surface area (Å²) in [5, 5.41) is 0. The molecule has 3 nitrogen and oxygen atoms in total. The number of rotatable bonds is 1. The fourth-order valence-corrected chi connectivity index (χ4v) is 2.96. The monoisotopic (exact) mass is 333 g/mol. The van der Waals surface area contributed by atoms with E-state index in [0.29, 0.717) is 0 Å². The molecule has 0 atom stereocenters. The van der Waals surface area contributed by atoms with Gasteiger partial charge in [0.25, 0.3) is 0 Å². The van der Waals surface area contributed by atoms with Crippen molar-refractivity contribution >= 4 is 5.69 Å². The van der Waals surface area contributed by atoms with E-state index in [9.17, 15) is 0 Å². The van der Waals surface area contributed by atoms with E-state index in [1.165, 1.54) is 16.8 Å². The first kappa shape index (κ1) is 15.4. The molecule has 2 aliphatic heterocycles. The molecule has 0 aromatic heterocycles. The van der Waals surface area contributed by atoms with Gasteiger partial charge in [-0.2, -0.15) is 0 Å². The predicted molar refractivity (Wildman–Crippen MR) is 75.6 cm³/mol. The van der Waals surface area contributed by atoms with Gasteiger partial charge >= 0.3 is 32.7 Å². The standard InChI is InChI=1S/C15H22N3.Y/c1-16-8-10-18(11-9-16)15-5-3-4-13-6-7-17(2)12-14(13)15;/h3-5H,2,6-12H2,1H3;/q-1;+3. The summed E-state index contributed by atoms with van der Waals surface area (Å²) in [6.45, 7) is 6.70. The number of hydrogen-bond donors (Lipinski definition) is 0. The van der Waals surface area contributed by atoms with Gasteiger partial charge < -0.3 is 14.7 Å². The van der Waals surface area contributed by atoms with E-state index in [1.54, 1.807) is 0 Å². The molecule has 1 aromatic carbocycles. The van der Waals surface area contributed by atoms with Gasteiger partial charge in [-0.05, 0) is 43.8 Å². The van der Waals surface area contributed by atoms with Gasteiger partial charge in [-0.15, -0.1) is 0 Å². The summed E-state index contributed by atoms with van der Waals surface area (Å²) in [5.74, 6) is 0. The van der Waals surface area contributed by atoms with E-state index in [2.05, 4.69) is 47.0 Å². The molecule has 0 aliphatic carbocycles. The Balaban J connectivity index is 0.00000133. The van der Waals surface area contributed by atoms with Gasteiger partial charge in [0.05, 0.1) is 0 Å². The minimum atomic E-state index is 0. The van der Waals surface area contributed by atoms with Crippen molar-refractivity contribution in [3.63, 3.8) is 0 Å². The molecule has 0 radical (unpaired) electrons. The molecular weight excluding hydrogens is 311 g/mol. The van der Waals surface area contributed by atoms with E-state index in [1.807, 2.05) is 0 Å². The van der Waals surface area contributed by atoms with E-state index in [-0.39, 0.29) is 32.7 Å². The molecule has 98 valence electrons. The van der Waals surface area contributed by atoms with Gasteiger partial charge in [-0.1, -0.05) is 12.1 Å². The van der Waals surface area contributed by atoms with Gasteiger partial charge in [0.1, 0.15) is 0 Å². The fraction of sp³-hybridized carbons (Fsp3) is 0.533. The van der Waals surface area contributed by atoms with Crippen molar-refractivity contribution in [1.29, 1.82) is 0 Å². The van der Waals surface area contributed by atoms with E-state index in [4.69, 9.17) is 0 Å². The normalized spacial score (nSPS) is 20.8. The van der Waals surface area contributed by atoms with Gasteiger partial charge in [-0.25, -0.2) is 0 Å². The van der Waals surface area contributed by atoms with Crippen LogP contribution in [0.5, 0.6) is 0 Å². The van der Waals surface area contributed by atoms with Crippen molar-refractivity contribution in [2.45, 2.75) is 13.0 Å². The Bertz CT molecular complexity index is 427. The van der Waals surface area contributed by atoms with Crippen LogP contribution in [0, 0.1) is 7.05 Å². The first-order valence-corrected chi connectivity index (χ1v) is 6.84. The van der Waals surface area contributed by atoms with Crippen molar-refractivity contribution < 1.29 is 32.7 Å². The summed E-state index contributed by atoms with van der Waals surface area (Å²) in [7, 11) is 6.31. The van der Waals surface area contributed by atoms with Crippen LogP contribution in [-0.2, 0) is 45.7 Å². The van der Waals surface area contributed by atoms with Crippen LogP contribution >= 0.6 is 0 Å². The van der Waals surface area contributed by atoms with Crippen molar-refractivity contribution in [2.75, 3.05) is 44.7 Å². The molecule has 3 rings (SSSR count). The molecule has 1 aromatic rings. The summed E-state index contributed by atoms with van der Waals surface area (Å²) in [5.41, 5.74) is 4.46. The number of anilines is 1. The molecule has 19 heavy (non-hydrogen) atoms. The quantitative estimate of drug-likeness (QED) is 0.723. The van der Waals surface area contributed by atoms with Crippen LogP contribution in [0.4, 0.5) is 5.69 Å². The summed E-state index contributed by atoms with van der Waals surface area (Å²) >= 11 is 0. The van der Waals surface area contributed by atoms with Gasteiger partial charge in [0.2, 0.25) is 0 Å². The molecule has 1 fully saturated rings. The third-order valence-corrected chi connectivity index (χ3v) is 4.17. The third-order valence-electron chi connectivity index (χ3n) is 4.17. The van der Waals surface area contributed by atoms with E-state index < -0.39 is 0 Å². The maximum Gasteiger partial charge on any atom is 3.00 e. The minimum absolute atomic E-state index is 0. The molecular formula is C15H22N3Y+2. The minimum Gasteiger partial charge on any atom is -0.455 e. The Morgan fingerprint density at radius 2 is 1.79 bits per heavy atom. The zero-order valence-corrected chi connectivity index (χ0v) is 14.6. The Kier molecular flexibility index (Phi) is 5.41. The Labute approximate surface area is 141 Å². The van der Waals surface area contributed by atoms with Crippen molar-refractivity contribution in [1.82, 2.24) is 9.80 Å². The Morgan fingerprint density at radius 1 is 1.05 bits per heavy atom. The Hall–Kier alpha value is 0.0439. The topological polar surface area (TPSA) is 9.72 Å².